The lowest BCUT2D eigenvalue weighted by atomic mass is 9.96. The van der Waals surface area contributed by atoms with Gasteiger partial charge in [0.1, 0.15) is 0 Å². The number of fused-ring (bicyclic) bond motifs is 1. The van der Waals surface area contributed by atoms with Crippen LogP contribution in [0.15, 0.2) is 65.8 Å². The molecule has 1 aromatic heterocycles. The maximum atomic E-state index is 13.8. The third-order valence-corrected chi connectivity index (χ3v) is 7.53. The predicted molar refractivity (Wildman–Crippen MR) is 163 cm³/mol. The zero-order chi connectivity index (χ0) is 29.0. The number of carbonyl (C=O) groups excluding carboxylic acids is 2. The van der Waals surface area contributed by atoms with E-state index >= 15 is 0 Å². The van der Waals surface area contributed by atoms with Gasteiger partial charge in [0.25, 0.3) is 0 Å². The van der Waals surface area contributed by atoms with Crippen molar-refractivity contribution in [3.63, 3.8) is 0 Å². The van der Waals surface area contributed by atoms with Gasteiger partial charge in [0.05, 0.1) is 18.7 Å². The van der Waals surface area contributed by atoms with Crippen LogP contribution in [-0.2, 0) is 22.4 Å². The second kappa shape index (κ2) is 15.1. The van der Waals surface area contributed by atoms with Crippen LogP contribution in [0.3, 0.4) is 0 Å². The molecular weight excluding hydrogens is 518 g/mol. The molecule has 10 heteroatoms. The molecule has 0 bridgehead atoms. The third-order valence-electron chi connectivity index (χ3n) is 7.53. The van der Waals surface area contributed by atoms with Crippen molar-refractivity contribution in [2.24, 2.45) is 16.5 Å². The molecule has 0 aliphatic carbocycles. The van der Waals surface area contributed by atoms with Crippen LogP contribution < -0.4 is 22.1 Å². The molecule has 3 atom stereocenters. The number of nitrogens with one attached hydrogen (secondary N) is 3. The number of ether oxygens (including phenoxy) is 1. The second-order valence-corrected chi connectivity index (χ2v) is 10.6. The molecule has 41 heavy (non-hydrogen) atoms. The van der Waals surface area contributed by atoms with E-state index in [0.717, 1.165) is 23.9 Å². The number of aromatic amines is 1. The Bertz CT molecular complexity index is 1290. The van der Waals surface area contributed by atoms with E-state index in [-0.39, 0.29) is 24.0 Å². The lowest BCUT2D eigenvalue weighted by Crippen LogP contribution is -2.55. The summed E-state index contributed by atoms with van der Waals surface area (Å²) < 4.78 is 5.37. The minimum absolute atomic E-state index is 0.0427. The van der Waals surface area contributed by atoms with E-state index in [9.17, 15) is 9.59 Å². The van der Waals surface area contributed by atoms with Gasteiger partial charge < -0.3 is 36.7 Å². The van der Waals surface area contributed by atoms with Crippen LogP contribution in [0.1, 0.15) is 43.7 Å². The number of guanidine groups is 1. The van der Waals surface area contributed by atoms with Crippen molar-refractivity contribution < 1.29 is 14.3 Å². The van der Waals surface area contributed by atoms with Crippen molar-refractivity contribution in [2.75, 3.05) is 26.2 Å². The Hall–Kier alpha value is -4.05. The Morgan fingerprint density at radius 1 is 1.17 bits per heavy atom. The first-order valence-corrected chi connectivity index (χ1v) is 14.6. The number of amides is 2. The van der Waals surface area contributed by atoms with Crippen molar-refractivity contribution >= 4 is 28.9 Å². The molecule has 2 amide bonds. The minimum atomic E-state index is -0.439. The van der Waals surface area contributed by atoms with E-state index in [1.807, 2.05) is 60.5 Å². The Labute approximate surface area is 241 Å². The zero-order valence-electron chi connectivity index (χ0n) is 23.9. The van der Waals surface area contributed by atoms with E-state index < -0.39 is 12.1 Å². The van der Waals surface area contributed by atoms with Crippen LogP contribution in [0.2, 0.25) is 0 Å². The first-order valence-electron chi connectivity index (χ1n) is 14.6. The molecule has 3 unspecified atom stereocenters. The Kier molecular flexibility index (Phi) is 11.0. The molecule has 0 spiro atoms. The summed E-state index contributed by atoms with van der Waals surface area (Å²) in [5.41, 5.74) is 14.4. The monoisotopic (exact) mass is 561 g/mol. The van der Waals surface area contributed by atoms with Crippen LogP contribution in [0.25, 0.3) is 10.9 Å². The lowest BCUT2D eigenvalue weighted by molar-refractivity contribution is -0.132. The highest BCUT2D eigenvalue weighted by atomic mass is 16.5. The quantitative estimate of drug-likeness (QED) is 0.123. The molecule has 1 aliphatic rings. The average molecular weight is 562 g/mol. The van der Waals surface area contributed by atoms with Gasteiger partial charge in [-0.25, -0.2) is 4.79 Å². The maximum absolute atomic E-state index is 13.8. The van der Waals surface area contributed by atoms with Crippen molar-refractivity contribution in [1.29, 1.82) is 0 Å². The Morgan fingerprint density at radius 3 is 2.73 bits per heavy atom. The van der Waals surface area contributed by atoms with Crippen molar-refractivity contribution in [2.45, 2.75) is 63.6 Å². The number of aromatic nitrogens is 1. The highest BCUT2D eigenvalue weighted by Crippen LogP contribution is 2.21. The van der Waals surface area contributed by atoms with Gasteiger partial charge in [-0.15, -0.1) is 0 Å². The fraction of sp³-hybridized carbons (Fsp3) is 0.452. The Morgan fingerprint density at radius 2 is 1.95 bits per heavy atom. The van der Waals surface area contributed by atoms with Gasteiger partial charge in [-0.2, -0.15) is 0 Å². The summed E-state index contributed by atoms with van der Waals surface area (Å²) in [6, 6.07) is 17.4. The molecule has 10 nitrogen and oxygen atoms in total. The van der Waals surface area contributed by atoms with Gasteiger partial charge >= 0.3 is 6.09 Å². The summed E-state index contributed by atoms with van der Waals surface area (Å²) in [5.74, 6) is 0.102. The molecule has 1 fully saturated rings. The SMILES string of the molecule is CCCOC(=O)NC(Cc1ccccc1)C1CCN(CCc2c[nH]c3ccccc23)C(=O)C(CCCN=C(N)N)N1. The molecule has 2 heterocycles. The van der Waals surface area contributed by atoms with Crippen molar-refractivity contribution in [3.8, 4) is 0 Å². The van der Waals surface area contributed by atoms with Gasteiger partial charge in [-0.3, -0.25) is 9.79 Å². The largest absolute Gasteiger partial charge is 0.450 e. The molecule has 1 aliphatic heterocycles. The fourth-order valence-electron chi connectivity index (χ4n) is 5.43. The topological polar surface area (TPSA) is 151 Å². The first kappa shape index (κ1) is 29.9. The molecule has 0 radical (unpaired) electrons. The normalized spacial score (nSPS) is 18.1. The Balaban J connectivity index is 1.52. The highest BCUT2D eigenvalue weighted by Gasteiger charge is 2.34. The smallest absolute Gasteiger partial charge is 0.407 e. The van der Waals surface area contributed by atoms with E-state index in [1.165, 1.54) is 10.9 Å². The number of para-hydroxylation sites is 1. The standard InChI is InChI=1S/C31H43N7O3/c1-2-19-41-31(40)37-28(20-22-9-4-3-5-10-22)26-15-18-38(29(39)27(36-26)13-8-16-34-30(32)33)17-14-23-21-35-25-12-7-6-11-24(23)25/h3-7,9-12,21,26-28,35-36H,2,8,13-20H2,1H3,(H,37,40)(H4,32,33,34). The van der Waals surface area contributed by atoms with Crippen molar-refractivity contribution in [3.05, 3.63) is 71.9 Å². The molecule has 7 N–H and O–H groups in total. The molecule has 4 rings (SSSR count). The van der Waals surface area contributed by atoms with Crippen LogP contribution in [0, 0.1) is 0 Å². The number of alkyl carbamates (subject to hydrolysis) is 1. The molecule has 220 valence electrons. The van der Waals surface area contributed by atoms with E-state index in [0.29, 0.717) is 51.9 Å². The van der Waals surface area contributed by atoms with Crippen molar-refractivity contribution in [1.82, 2.24) is 20.5 Å². The fourth-order valence-corrected chi connectivity index (χ4v) is 5.43. The number of H-pyrrole nitrogens is 1. The number of nitrogens with zero attached hydrogens (tertiary/aromatic N) is 2. The number of aliphatic imine (C=N–C) groups is 1. The highest BCUT2D eigenvalue weighted by molar-refractivity contribution is 5.84. The summed E-state index contributed by atoms with van der Waals surface area (Å²) in [6.07, 6.45) is 5.62. The van der Waals surface area contributed by atoms with Crippen LogP contribution >= 0.6 is 0 Å². The predicted octanol–water partition coefficient (Wildman–Crippen LogP) is 3.07. The van der Waals surface area contributed by atoms with E-state index in [1.54, 1.807) is 0 Å². The number of hydrogen-bond acceptors (Lipinski definition) is 5. The van der Waals surface area contributed by atoms with E-state index in [2.05, 4.69) is 32.7 Å². The van der Waals surface area contributed by atoms with Crippen LogP contribution in [0.4, 0.5) is 4.79 Å². The molecular formula is C31H43N7O3. The number of hydrogen-bond donors (Lipinski definition) is 5. The van der Waals surface area contributed by atoms with Gasteiger partial charge in [-0.1, -0.05) is 55.5 Å². The summed E-state index contributed by atoms with van der Waals surface area (Å²) in [5, 5.41) is 7.88. The lowest BCUT2D eigenvalue weighted by Gasteiger charge is -2.29. The summed E-state index contributed by atoms with van der Waals surface area (Å²) in [4.78, 5) is 35.9. The first-order chi connectivity index (χ1) is 19.9. The molecule has 1 saturated heterocycles. The number of carbonyl (C=O) groups is 2. The molecule has 3 aromatic rings. The number of benzene rings is 2. The average Bonchev–Trinajstić information content (AvgIpc) is 3.32. The maximum Gasteiger partial charge on any atom is 0.407 e. The molecule has 0 saturated carbocycles. The van der Waals surface area contributed by atoms with E-state index in [4.69, 9.17) is 16.2 Å². The van der Waals surface area contributed by atoms with Gasteiger partial charge in [0.2, 0.25) is 5.91 Å². The van der Waals surface area contributed by atoms with Gasteiger partial charge in [-0.05, 0) is 55.7 Å². The number of rotatable bonds is 13. The minimum Gasteiger partial charge on any atom is -0.450 e. The van der Waals surface area contributed by atoms with Crippen LogP contribution in [0.5, 0.6) is 0 Å². The van der Waals surface area contributed by atoms with Gasteiger partial charge in [0, 0.05) is 42.8 Å². The third kappa shape index (κ3) is 8.72. The van der Waals surface area contributed by atoms with Gasteiger partial charge in [0.15, 0.2) is 5.96 Å². The summed E-state index contributed by atoms with van der Waals surface area (Å²) >= 11 is 0. The summed E-state index contributed by atoms with van der Waals surface area (Å²) in [6.45, 7) is 3.96. The summed E-state index contributed by atoms with van der Waals surface area (Å²) in [7, 11) is 0. The number of nitrogens with two attached hydrogens (primary N) is 2. The molecule has 2 aromatic carbocycles. The van der Waals surface area contributed by atoms with Crippen LogP contribution in [-0.4, -0.2) is 72.2 Å². The second-order valence-electron chi connectivity index (χ2n) is 10.6. The zero-order valence-corrected chi connectivity index (χ0v) is 23.9.